The molecule has 4 rings (SSSR count). The smallest absolute Gasteiger partial charge is 0.242 e. The van der Waals surface area contributed by atoms with E-state index < -0.39 is 10.0 Å². The van der Waals surface area contributed by atoms with Crippen molar-refractivity contribution in [3.63, 3.8) is 0 Å². The fourth-order valence-electron chi connectivity index (χ4n) is 3.76. The van der Waals surface area contributed by atoms with Gasteiger partial charge < -0.3 is 0 Å². The lowest BCUT2D eigenvalue weighted by Gasteiger charge is -2.31. The van der Waals surface area contributed by atoms with Crippen molar-refractivity contribution in [1.82, 2.24) is 19.3 Å². The summed E-state index contributed by atoms with van der Waals surface area (Å²) in [6.45, 7) is 7.34. The van der Waals surface area contributed by atoms with E-state index in [4.69, 9.17) is 0 Å². The molecular formula is C21H26N4O2S. The van der Waals surface area contributed by atoms with E-state index in [1.54, 1.807) is 16.4 Å². The molecule has 6 nitrogen and oxygen atoms in total. The van der Waals surface area contributed by atoms with Crippen LogP contribution in [0.15, 0.2) is 53.4 Å². The van der Waals surface area contributed by atoms with Crippen LogP contribution in [0.25, 0.3) is 11.0 Å². The lowest BCUT2D eigenvalue weighted by molar-refractivity contribution is 0.263. The monoisotopic (exact) mass is 398 g/mol. The lowest BCUT2D eigenvalue weighted by Crippen LogP contribution is -2.39. The number of benzene rings is 2. The van der Waals surface area contributed by atoms with Crippen LogP contribution < -0.4 is 0 Å². The van der Waals surface area contributed by atoms with Crippen LogP contribution >= 0.6 is 0 Å². The first kappa shape index (κ1) is 19.1. The molecule has 0 N–H and O–H groups in total. The van der Waals surface area contributed by atoms with Crippen molar-refractivity contribution in [2.45, 2.75) is 50.0 Å². The maximum Gasteiger partial charge on any atom is 0.243 e. The van der Waals surface area contributed by atoms with Gasteiger partial charge in [0.05, 0.1) is 16.5 Å². The van der Waals surface area contributed by atoms with E-state index in [0.717, 1.165) is 29.4 Å². The normalized spacial score (nSPS) is 17.2. The van der Waals surface area contributed by atoms with Crippen LogP contribution in [0.5, 0.6) is 0 Å². The minimum Gasteiger partial charge on any atom is -0.242 e. The fourth-order valence-corrected chi connectivity index (χ4v) is 5.23. The first-order valence-electron chi connectivity index (χ1n) is 9.67. The lowest BCUT2D eigenvalue weighted by atomic mass is 9.87. The zero-order valence-electron chi connectivity index (χ0n) is 16.5. The summed E-state index contributed by atoms with van der Waals surface area (Å²) in [4.78, 5) is 0.366. The van der Waals surface area contributed by atoms with Crippen LogP contribution in [-0.4, -0.2) is 40.8 Å². The summed E-state index contributed by atoms with van der Waals surface area (Å²) < 4.78 is 29.6. The van der Waals surface area contributed by atoms with Crippen molar-refractivity contribution in [1.29, 1.82) is 0 Å². The van der Waals surface area contributed by atoms with Gasteiger partial charge in [0.15, 0.2) is 0 Å². The molecular weight excluding hydrogens is 372 g/mol. The molecule has 0 unspecified atom stereocenters. The summed E-state index contributed by atoms with van der Waals surface area (Å²) in [7, 11) is -3.47. The topological polar surface area (TPSA) is 68.1 Å². The summed E-state index contributed by atoms with van der Waals surface area (Å²) in [6, 6.07) is 15.3. The molecule has 0 atom stereocenters. The Hall–Kier alpha value is -2.25. The van der Waals surface area contributed by atoms with Crippen molar-refractivity contribution in [2.75, 3.05) is 13.1 Å². The van der Waals surface area contributed by atoms with E-state index in [2.05, 4.69) is 31.1 Å². The van der Waals surface area contributed by atoms with E-state index in [-0.39, 0.29) is 11.5 Å². The summed E-state index contributed by atoms with van der Waals surface area (Å²) in [5, 5.41) is 8.51. The number of para-hydroxylation sites is 1. The van der Waals surface area contributed by atoms with Crippen molar-refractivity contribution in [3.05, 3.63) is 54.1 Å². The second-order valence-electron chi connectivity index (χ2n) is 8.43. The number of fused-ring (bicyclic) bond motifs is 1. The maximum atomic E-state index is 13.0. The van der Waals surface area contributed by atoms with Crippen LogP contribution in [0.1, 0.15) is 45.2 Å². The average molecular weight is 399 g/mol. The number of sulfonamides is 1. The highest BCUT2D eigenvalue weighted by atomic mass is 32.2. The molecule has 148 valence electrons. The second kappa shape index (κ2) is 6.97. The van der Waals surface area contributed by atoms with Gasteiger partial charge in [-0.3, -0.25) is 0 Å². The Morgan fingerprint density at radius 2 is 1.61 bits per heavy atom. The minimum absolute atomic E-state index is 0.00120. The van der Waals surface area contributed by atoms with Crippen LogP contribution in [0.3, 0.4) is 0 Å². The van der Waals surface area contributed by atoms with Gasteiger partial charge in [-0.1, -0.05) is 50.3 Å². The Morgan fingerprint density at radius 3 is 2.25 bits per heavy atom. The number of hydrogen-bond acceptors (Lipinski definition) is 4. The predicted molar refractivity (Wildman–Crippen MR) is 110 cm³/mol. The molecule has 2 heterocycles. The Balaban J connectivity index is 1.49. The number of rotatable bonds is 3. The molecule has 0 amide bonds. The quantitative estimate of drug-likeness (QED) is 0.674. The van der Waals surface area contributed by atoms with E-state index in [1.165, 1.54) is 0 Å². The summed E-state index contributed by atoms with van der Waals surface area (Å²) in [5.74, 6) is 0. The zero-order valence-corrected chi connectivity index (χ0v) is 17.4. The number of nitrogens with zero attached hydrogens (tertiary/aromatic N) is 4. The van der Waals surface area contributed by atoms with Gasteiger partial charge in [0.1, 0.15) is 5.52 Å². The first-order valence-corrected chi connectivity index (χ1v) is 11.1. The average Bonchev–Trinajstić information content (AvgIpc) is 3.12. The largest absolute Gasteiger partial charge is 0.243 e. The van der Waals surface area contributed by atoms with Gasteiger partial charge in [0.2, 0.25) is 10.0 Å². The molecule has 0 radical (unpaired) electrons. The van der Waals surface area contributed by atoms with E-state index in [1.807, 2.05) is 41.1 Å². The van der Waals surface area contributed by atoms with Crippen LogP contribution in [0.2, 0.25) is 0 Å². The maximum absolute atomic E-state index is 13.0. The minimum atomic E-state index is -3.47. The van der Waals surface area contributed by atoms with Gasteiger partial charge in [0.25, 0.3) is 0 Å². The van der Waals surface area contributed by atoms with Crippen LogP contribution in [0.4, 0.5) is 0 Å². The Labute approximate surface area is 166 Å². The van der Waals surface area contributed by atoms with Crippen molar-refractivity contribution in [3.8, 4) is 0 Å². The molecule has 28 heavy (non-hydrogen) atoms. The first-order chi connectivity index (χ1) is 13.3. The Morgan fingerprint density at radius 1 is 0.964 bits per heavy atom. The van der Waals surface area contributed by atoms with E-state index >= 15 is 0 Å². The van der Waals surface area contributed by atoms with Gasteiger partial charge in [0, 0.05) is 13.1 Å². The van der Waals surface area contributed by atoms with Gasteiger partial charge in [-0.25, -0.2) is 13.1 Å². The van der Waals surface area contributed by atoms with E-state index in [0.29, 0.717) is 18.0 Å². The van der Waals surface area contributed by atoms with Gasteiger partial charge in [-0.05, 0) is 48.1 Å². The SMILES string of the molecule is CC(C)(C)c1ccc(S(=O)(=O)N2CCC(n3nnc4ccccc43)CC2)cc1. The molecule has 2 aromatic carbocycles. The summed E-state index contributed by atoms with van der Waals surface area (Å²) in [5.41, 5.74) is 3.00. The summed E-state index contributed by atoms with van der Waals surface area (Å²) in [6.07, 6.45) is 1.46. The van der Waals surface area contributed by atoms with Crippen LogP contribution in [-0.2, 0) is 15.4 Å². The highest BCUT2D eigenvalue weighted by Gasteiger charge is 2.31. The molecule has 0 bridgehead atoms. The molecule has 1 aliphatic rings. The molecule has 3 aromatic rings. The predicted octanol–water partition coefficient (Wildman–Crippen LogP) is 3.75. The highest BCUT2D eigenvalue weighted by Crippen LogP contribution is 2.29. The van der Waals surface area contributed by atoms with Crippen molar-refractivity contribution in [2.24, 2.45) is 0 Å². The Bertz CT molecular complexity index is 1070. The zero-order chi connectivity index (χ0) is 19.9. The van der Waals surface area contributed by atoms with Gasteiger partial charge in [-0.15, -0.1) is 5.10 Å². The van der Waals surface area contributed by atoms with Gasteiger partial charge >= 0.3 is 0 Å². The molecule has 1 fully saturated rings. The van der Waals surface area contributed by atoms with Crippen LogP contribution in [0, 0.1) is 0 Å². The molecule has 1 aliphatic heterocycles. The molecule has 1 saturated heterocycles. The third-order valence-electron chi connectivity index (χ3n) is 5.50. The van der Waals surface area contributed by atoms with E-state index in [9.17, 15) is 8.42 Å². The van der Waals surface area contributed by atoms with Gasteiger partial charge in [-0.2, -0.15) is 4.31 Å². The second-order valence-corrected chi connectivity index (χ2v) is 10.4. The molecule has 0 spiro atoms. The summed E-state index contributed by atoms with van der Waals surface area (Å²) >= 11 is 0. The van der Waals surface area contributed by atoms with Crippen molar-refractivity contribution < 1.29 is 8.42 Å². The third-order valence-corrected chi connectivity index (χ3v) is 7.42. The fraction of sp³-hybridized carbons (Fsp3) is 0.429. The van der Waals surface area contributed by atoms with Crippen molar-refractivity contribution >= 4 is 21.1 Å². The molecule has 1 aromatic heterocycles. The Kier molecular flexibility index (Phi) is 4.75. The molecule has 0 saturated carbocycles. The molecule has 7 heteroatoms. The number of aromatic nitrogens is 3. The highest BCUT2D eigenvalue weighted by molar-refractivity contribution is 7.89. The number of piperidine rings is 1. The number of hydrogen-bond donors (Lipinski definition) is 0. The third kappa shape index (κ3) is 3.44. The standard InChI is InChI=1S/C21H26N4O2S/c1-21(2,3)16-8-10-18(11-9-16)28(26,27)24-14-12-17(13-15-24)25-20-7-5-4-6-19(20)22-23-25/h4-11,17H,12-15H2,1-3H3. The molecule has 0 aliphatic carbocycles.